The Morgan fingerprint density at radius 3 is 0.962 bits per heavy atom. The first-order valence-corrected chi connectivity index (χ1v) is 9.25. The minimum absolute atomic E-state index is 0.0569. The van der Waals surface area contributed by atoms with Crippen molar-refractivity contribution < 1.29 is 9.47 Å². The van der Waals surface area contributed by atoms with Crippen molar-refractivity contribution in [3.05, 3.63) is 95.1 Å². The maximum Gasteiger partial charge on any atom is 0.103 e. The summed E-state index contributed by atoms with van der Waals surface area (Å²) in [6, 6.07) is 17.5. The SMILES string of the molecule is C1=CC2OC1C1=C2c2ccccc2C2=C(c3ccccc31)C1C=CC2O1. The number of hydrogen-bond acceptors (Lipinski definition) is 2. The monoisotopic (exact) mass is 336 g/mol. The van der Waals surface area contributed by atoms with Crippen molar-refractivity contribution >= 4 is 22.3 Å². The first-order valence-electron chi connectivity index (χ1n) is 9.25. The van der Waals surface area contributed by atoms with Crippen LogP contribution in [0.3, 0.4) is 0 Å². The molecule has 5 aliphatic rings. The van der Waals surface area contributed by atoms with Gasteiger partial charge in [0.05, 0.1) is 0 Å². The summed E-state index contributed by atoms with van der Waals surface area (Å²) < 4.78 is 12.6. The first kappa shape index (κ1) is 13.5. The van der Waals surface area contributed by atoms with E-state index in [1.54, 1.807) is 0 Å². The summed E-state index contributed by atoms with van der Waals surface area (Å²) >= 11 is 0. The molecule has 1 aliphatic carbocycles. The van der Waals surface area contributed by atoms with E-state index in [1.165, 1.54) is 44.5 Å². The van der Waals surface area contributed by atoms with Crippen LogP contribution in [0.5, 0.6) is 0 Å². The van der Waals surface area contributed by atoms with Crippen LogP contribution < -0.4 is 0 Å². The van der Waals surface area contributed by atoms with Gasteiger partial charge in [0.25, 0.3) is 0 Å². The van der Waals surface area contributed by atoms with Crippen LogP contribution >= 0.6 is 0 Å². The van der Waals surface area contributed by atoms with Gasteiger partial charge in [0.15, 0.2) is 0 Å². The summed E-state index contributed by atoms with van der Waals surface area (Å²) in [5, 5.41) is 0. The van der Waals surface area contributed by atoms with Crippen molar-refractivity contribution in [2.24, 2.45) is 0 Å². The summed E-state index contributed by atoms with van der Waals surface area (Å²) in [6.07, 6.45) is 9.05. The van der Waals surface area contributed by atoms with E-state index in [0.29, 0.717) is 0 Å². The van der Waals surface area contributed by atoms with E-state index in [1.807, 2.05) is 0 Å². The summed E-state index contributed by atoms with van der Waals surface area (Å²) in [5.41, 5.74) is 10.5. The van der Waals surface area contributed by atoms with E-state index in [-0.39, 0.29) is 24.4 Å². The average molecular weight is 336 g/mol. The molecule has 0 saturated heterocycles. The Bertz CT molecular complexity index is 943. The van der Waals surface area contributed by atoms with Crippen molar-refractivity contribution in [1.82, 2.24) is 0 Å². The van der Waals surface area contributed by atoms with E-state index in [9.17, 15) is 0 Å². The molecule has 4 unspecified atom stereocenters. The van der Waals surface area contributed by atoms with Crippen molar-refractivity contribution in [2.45, 2.75) is 24.4 Å². The second kappa shape index (κ2) is 4.53. The zero-order valence-electron chi connectivity index (χ0n) is 14.1. The number of benzene rings is 2. The van der Waals surface area contributed by atoms with Gasteiger partial charge in [-0.15, -0.1) is 0 Å². The number of fused-ring (bicyclic) bond motifs is 14. The van der Waals surface area contributed by atoms with Gasteiger partial charge in [-0.3, -0.25) is 0 Å². The summed E-state index contributed by atoms with van der Waals surface area (Å²) in [5.74, 6) is 0. The summed E-state index contributed by atoms with van der Waals surface area (Å²) in [4.78, 5) is 0. The molecule has 2 nitrogen and oxygen atoms in total. The molecule has 2 aromatic rings. The molecule has 0 radical (unpaired) electrons. The van der Waals surface area contributed by atoms with Gasteiger partial charge in [-0.25, -0.2) is 0 Å². The molecule has 4 aliphatic heterocycles. The predicted octanol–water partition coefficient (Wildman–Crippen LogP) is 4.50. The van der Waals surface area contributed by atoms with Gasteiger partial charge < -0.3 is 9.47 Å². The second-order valence-corrected chi connectivity index (χ2v) is 7.47. The average Bonchev–Trinajstić information content (AvgIpc) is 3.45. The van der Waals surface area contributed by atoms with Gasteiger partial charge in [0.2, 0.25) is 0 Å². The van der Waals surface area contributed by atoms with Crippen molar-refractivity contribution in [2.75, 3.05) is 0 Å². The maximum absolute atomic E-state index is 6.28. The molecule has 0 fully saturated rings. The van der Waals surface area contributed by atoms with Crippen molar-refractivity contribution in [3.8, 4) is 0 Å². The van der Waals surface area contributed by atoms with E-state index in [0.717, 1.165) is 0 Å². The van der Waals surface area contributed by atoms with Crippen LogP contribution in [0.1, 0.15) is 22.3 Å². The van der Waals surface area contributed by atoms with Crippen molar-refractivity contribution in [1.29, 1.82) is 0 Å². The molecule has 4 bridgehead atoms. The number of rotatable bonds is 0. The Hall–Kier alpha value is -2.68. The Morgan fingerprint density at radius 1 is 0.423 bits per heavy atom. The summed E-state index contributed by atoms with van der Waals surface area (Å²) in [7, 11) is 0. The fourth-order valence-corrected chi connectivity index (χ4v) is 5.27. The highest BCUT2D eigenvalue weighted by molar-refractivity contribution is 6.11. The molecule has 0 saturated carbocycles. The number of ether oxygens (including phenoxy) is 2. The molecule has 4 heterocycles. The highest BCUT2D eigenvalue weighted by Crippen LogP contribution is 2.54. The fraction of sp³-hybridized carbons (Fsp3) is 0.167. The lowest BCUT2D eigenvalue weighted by atomic mass is 9.75. The van der Waals surface area contributed by atoms with Gasteiger partial charge in [0.1, 0.15) is 24.4 Å². The zero-order chi connectivity index (χ0) is 16.8. The molecule has 0 N–H and O–H groups in total. The van der Waals surface area contributed by atoms with Crippen LogP contribution in [0.15, 0.2) is 72.8 Å². The molecule has 2 aromatic carbocycles. The van der Waals surface area contributed by atoms with Crippen LogP contribution in [0.2, 0.25) is 0 Å². The van der Waals surface area contributed by atoms with Crippen LogP contribution in [0.4, 0.5) is 0 Å². The second-order valence-electron chi connectivity index (χ2n) is 7.47. The van der Waals surface area contributed by atoms with E-state index < -0.39 is 0 Å². The highest BCUT2D eigenvalue weighted by atomic mass is 16.5. The van der Waals surface area contributed by atoms with Crippen LogP contribution in [0.25, 0.3) is 22.3 Å². The molecular formula is C24H16O2. The minimum Gasteiger partial charge on any atom is -0.357 e. The van der Waals surface area contributed by atoms with Crippen LogP contribution in [-0.2, 0) is 9.47 Å². The third-order valence-electron chi connectivity index (χ3n) is 6.24. The molecule has 26 heavy (non-hydrogen) atoms. The highest BCUT2D eigenvalue weighted by Gasteiger charge is 2.45. The molecule has 0 amide bonds. The van der Waals surface area contributed by atoms with Gasteiger partial charge in [-0.2, -0.15) is 0 Å². The molecule has 0 spiro atoms. The van der Waals surface area contributed by atoms with Gasteiger partial charge in [-0.1, -0.05) is 72.8 Å². The standard InChI is InChI=1S/C24H16O2/c1-2-6-14-13(5-1)21-17-9-10-19(25-17)23(21)15-7-3-4-8-16(15)24-20-12-11-18(26-20)22(14)24/h1-12,17-20H. The third kappa shape index (κ3) is 1.47. The fourth-order valence-electron chi connectivity index (χ4n) is 5.27. The van der Waals surface area contributed by atoms with Crippen LogP contribution in [0, 0.1) is 0 Å². The van der Waals surface area contributed by atoms with Gasteiger partial charge in [0, 0.05) is 0 Å². The molecule has 4 atom stereocenters. The summed E-state index contributed by atoms with van der Waals surface area (Å²) in [6.45, 7) is 0. The lowest BCUT2D eigenvalue weighted by Gasteiger charge is -2.26. The van der Waals surface area contributed by atoms with Crippen molar-refractivity contribution in [3.63, 3.8) is 0 Å². The predicted molar refractivity (Wildman–Crippen MR) is 102 cm³/mol. The molecule has 124 valence electrons. The van der Waals surface area contributed by atoms with Gasteiger partial charge in [-0.05, 0) is 44.5 Å². The topological polar surface area (TPSA) is 18.5 Å². The third-order valence-corrected chi connectivity index (χ3v) is 6.24. The van der Waals surface area contributed by atoms with Crippen LogP contribution in [-0.4, -0.2) is 24.4 Å². The smallest absolute Gasteiger partial charge is 0.103 e. The largest absolute Gasteiger partial charge is 0.357 e. The molecule has 0 aromatic heterocycles. The molecule has 2 heteroatoms. The number of hydrogen-bond donors (Lipinski definition) is 0. The molecular weight excluding hydrogens is 320 g/mol. The van der Waals surface area contributed by atoms with E-state index >= 15 is 0 Å². The lowest BCUT2D eigenvalue weighted by molar-refractivity contribution is 0.142. The Kier molecular flexibility index (Phi) is 2.36. The lowest BCUT2D eigenvalue weighted by Crippen LogP contribution is -2.13. The van der Waals surface area contributed by atoms with E-state index in [4.69, 9.17) is 9.47 Å². The van der Waals surface area contributed by atoms with Gasteiger partial charge >= 0.3 is 0 Å². The zero-order valence-corrected chi connectivity index (χ0v) is 14.1. The first-order chi connectivity index (χ1) is 12.9. The molecule has 7 rings (SSSR count). The van der Waals surface area contributed by atoms with E-state index in [2.05, 4.69) is 72.8 Å². The quantitative estimate of drug-likeness (QED) is 0.660. The minimum atomic E-state index is 0.0569. The Labute approximate surface area is 151 Å². The maximum atomic E-state index is 6.28. The normalized spacial score (nSPS) is 31.7. The Balaban J connectivity index is 1.65. The Morgan fingerprint density at radius 2 is 0.692 bits per heavy atom.